The molecular formula is C49H72N10O13. The Morgan fingerprint density at radius 3 is 2.01 bits per heavy atom. The van der Waals surface area contributed by atoms with Crippen molar-refractivity contribution in [2.24, 2.45) is 34.2 Å². The molecule has 0 bridgehead atoms. The minimum absolute atomic E-state index is 0.00508. The van der Waals surface area contributed by atoms with Gasteiger partial charge >= 0.3 is 17.9 Å². The van der Waals surface area contributed by atoms with E-state index >= 15 is 0 Å². The number of nitrogens with one attached hydrogen (secondary N) is 7. The molecule has 7 amide bonds. The molecule has 13 N–H and O–H groups in total. The Labute approximate surface area is 419 Å². The van der Waals surface area contributed by atoms with Gasteiger partial charge in [-0.25, -0.2) is 9.59 Å². The quantitative estimate of drug-likeness (QED) is 0.0282. The van der Waals surface area contributed by atoms with Crippen molar-refractivity contribution >= 4 is 65.2 Å². The molecule has 23 heteroatoms. The second kappa shape index (κ2) is 30.2. The number of amides is 7. The summed E-state index contributed by atoms with van der Waals surface area (Å²) in [5.74, 6) is -11.9. The Bertz CT molecular complexity index is 2220. The predicted molar refractivity (Wildman–Crippen MR) is 265 cm³/mol. The first-order valence-corrected chi connectivity index (χ1v) is 23.7. The Balaban J connectivity index is 2.71. The van der Waals surface area contributed by atoms with Gasteiger partial charge in [0.25, 0.3) is 5.91 Å². The van der Waals surface area contributed by atoms with Crippen molar-refractivity contribution in [3.05, 3.63) is 71.5 Å². The van der Waals surface area contributed by atoms with Crippen molar-refractivity contribution in [3.8, 4) is 0 Å². The van der Waals surface area contributed by atoms with E-state index in [9.17, 15) is 58.2 Å². The number of carboxylic acids is 2. The normalized spacial score (nSPS) is 24.4. The summed E-state index contributed by atoms with van der Waals surface area (Å²) in [6.45, 7) is 12.5. The number of nitrogens with two attached hydrogens (primary N) is 2. The third kappa shape index (κ3) is 22.0. The van der Waals surface area contributed by atoms with E-state index in [-0.39, 0.29) is 49.3 Å². The van der Waals surface area contributed by atoms with Gasteiger partial charge in [-0.05, 0) is 57.9 Å². The van der Waals surface area contributed by atoms with Crippen molar-refractivity contribution in [1.29, 1.82) is 0 Å². The summed E-state index contributed by atoms with van der Waals surface area (Å²) in [5.41, 5.74) is 12.2. The number of rotatable bonds is 15. The number of guanidine groups is 1. The second-order valence-corrected chi connectivity index (χ2v) is 18.0. The fraction of sp³-hybridized carbons (Fsp3) is 0.531. The van der Waals surface area contributed by atoms with E-state index in [1.165, 1.54) is 39.8 Å². The molecule has 2 rings (SSSR count). The third-order valence-corrected chi connectivity index (χ3v) is 11.3. The first-order valence-electron chi connectivity index (χ1n) is 23.7. The van der Waals surface area contributed by atoms with Crippen LogP contribution >= 0.6 is 0 Å². The lowest BCUT2D eigenvalue weighted by atomic mass is 9.94. The van der Waals surface area contributed by atoms with Gasteiger partial charge in [-0.2, -0.15) is 0 Å². The first kappa shape index (κ1) is 60.5. The van der Waals surface area contributed by atoms with Gasteiger partial charge in [-0.1, -0.05) is 87.9 Å². The predicted octanol–water partition coefficient (Wildman–Crippen LogP) is 0.337. The van der Waals surface area contributed by atoms with E-state index in [2.05, 4.69) is 42.2 Å². The van der Waals surface area contributed by atoms with Crippen LogP contribution < -0.4 is 48.7 Å². The maximum atomic E-state index is 14.3. The number of esters is 1. The largest absolute Gasteiger partial charge is 0.480 e. The van der Waals surface area contributed by atoms with Crippen LogP contribution in [0.15, 0.2) is 70.9 Å². The number of aliphatic carboxylic acids is 2. The molecule has 1 aliphatic rings. The zero-order valence-electron chi connectivity index (χ0n) is 42.1. The van der Waals surface area contributed by atoms with Crippen LogP contribution in [0.2, 0.25) is 0 Å². The van der Waals surface area contributed by atoms with E-state index in [0.29, 0.717) is 12.0 Å². The standard InChI is InChI=1S/C49H72N10O13/c1-9-33-44(65)53-30(7)43(64)58-37(22-26(2)3)46(67)59-38(48(70)71)25-41(62)55-35(16-13-21-52-49(50)51)45(66)56-34(29(6)42(63)57-36(47(68)69)19-20-40(61)54-33)18-17-27(4)23-28(5)39(72-31(8)60)24-32-14-11-10-12-15-32/h9-12,14-15,17-18,23,26,28-30,34-39H,13,16,19-22,24-25H2,1-8H3,(H,53,65)(H,54,61)(H,55,62)(H,56,66)(H,57,63)(H,58,64)(H,59,67)(H,68,69)(H,70,71)(H4,50,51,52)/b18-17+,27-23+,33-9-/t28-,29-,30+,34?,35?,36?,37-,38?,39-/m0/s1. The zero-order chi connectivity index (χ0) is 54.2. The summed E-state index contributed by atoms with van der Waals surface area (Å²) in [7, 11) is 0. The maximum absolute atomic E-state index is 14.3. The van der Waals surface area contributed by atoms with Gasteiger partial charge in [0.1, 0.15) is 42.0 Å². The molecule has 1 heterocycles. The van der Waals surface area contributed by atoms with E-state index in [1.54, 1.807) is 26.8 Å². The van der Waals surface area contributed by atoms with Gasteiger partial charge in [0.2, 0.25) is 35.4 Å². The second-order valence-electron chi connectivity index (χ2n) is 18.0. The highest BCUT2D eigenvalue weighted by Gasteiger charge is 2.34. The minimum atomic E-state index is -1.87. The maximum Gasteiger partial charge on any atom is 0.326 e. The van der Waals surface area contributed by atoms with Crippen molar-refractivity contribution in [1.82, 2.24) is 37.2 Å². The molecule has 1 saturated heterocycles. The fourth-order valence-corrected chi connectivity index (χ4v) is 7.33. The molecule has 0 aliphatic carbocycles. The smallest absolute Gasteiger partial charge is 0.326 e. The van der Waals surface area contributed by atoms with E-state index in [1.807, 2.05) is 43.3 Å². The number of carbonyl (C=O) groups excluding carboxylic acids is 8. The third-order valence-electron chi connectivity index (χ3n) is 11.3. The number of benzene rings is 1. The van der Waals surface area contributed by atoms with Crippen LogP contribution in [0.3, 0.4) is 0 Å². The molecule has 0 aromatic heterocycles. The van der Waals surface area contributed by atoms with E-state index in [4.69, 9.17) is 16.2 Å². The SMILES string of the molecule is C/C=C1\NC(=O)CCC(C(=O)O)NC(=O)[C@@H](C)C(/C=C/C(C)=C/[C@H](C)[C@H](Cc2ccccc2)OC(C)=O)NC(=O)C(CCCN=C(N)N)NC(=O)CC(C(=O)O)NC(=O)[C@H](CC(C)C)NC(=O)[C@@H](C)NC1=O. The van der Waals surface area contributed by atoms with E-state index < -0.39 is 127 Å². The van der Waals surface area contributed by atoms with Gasteiger partial charge < -0.3 is 63.6 Å². The minimum Gasteiger partial charge on any atom is -0.480 e. The molecule has 1 fully saturated rings. The molecule has 0 spiro atoms. The van der Waals surface area contributed by atoms with Gasteiger partial charge in [-0.15, -0.1) is 0 Å². The number of hydrogen-bond donors (Lipinski definition) is 11. The van der Waals surface area contributed by atoms with Gasteiger partial charge in [-0.3, -0.25) is 43.3 Å². The summed E-state index contributed by atoms with van der Waals surface area (Å²) in [6, 6.07) is 0.566. The topological polar surface area (TPSA) is 369 Å². The molecule has 9 atom stereocenters. The van der Waals surface area contributed by atoms with Crippen LogP contribution in [0.25, 0.3) is 0 Å². The summed E-state index contributed by atoms with van der Waals surface area (Å²) < 4.78 is 5.67. The Kier molecular flexibility index (Phi) is 25.4. The van der Waals surface area contributed by atoms with Crippen LogP contribution in [0, 0.1) is 17.8 Å². The van der Waals surface area contributed by atoms with Crippen LogP contribution in [-0.4, -0.2) is 124 Å². The molecule has 23 nitrogen and oxygen atoms in total. The van der Waals surface area contributed by atoms with Crippen molar-refractivity contribution in [2.75, 3.05) is 6.54 Å². The van der Waals surface area contributed by atoms with Crippen LogP contribution in [0.5, 0.6) is 0 Å². The lowest BCUT2D eigenvalue weighted by Gasteiger charge is -2.27. The number of hydrogen-bond acceptors (Lipinski definition) is 12. The average Bonchev–Trinajstić information content (AvgIpc) is 3.29. The summed E-state index contributed by atoms with van der Waals surface area (Å²) in [4.78, 5) is 136. The summed E-state index contributed by atoms with van der Waals surface area (Å²) >= 11 is 0. The number of nitrogens with zero attached hydrogens (tertiary/aromatic N) is 1. The monoisotopic (exact) mass is 1010 g/mol. The highest BCUT2D eigenvalue weighted by molar-refractivity contribution is 6.00. The molecule has 72 heavy (non-hydrogen) atoms. The number of carboxylic acid groups (broad SMARTS) is 2. The Hall–Kier alpha value is -7.59. The number of allylic oxidation sites excluding steroid dienone is 3. The molecule has 0 radical (unpaired) electrons. The van der Waals surface area contributed by atoms with Gasteiger partial charge in [0, 0.05) is 32.2 Å². The van der Waals surface area contributed by atoms with E-state index in [0.717, 1.165) is 5.56 Å². The number of ether oxygens (including phenoxy) is 1. The average molecular weight is 1010 g/mol. The number of aliphatic imine (C=N–C) groups is 1. The molecule has 0 saturated carbocycles. The molecule has 1 aliphatic heterocycles. The van der Waals surface area contributed by atoms with Gasteiger partial charge in [0.15, 0.2) is 5.96 Å². The molecule has 1 aromatic rings. The van der Waals surface area contributed by atoms with Crippen LogP contribution in [0.4, 0.5) is 0 Å². The fourth-order valence-electron chi connectivity index (χ4n) is 7.33. The highest BCUT2D eigenvalue weighted by atomic mass is 16.5. The summed E-state index contributed by atoms with van der Waals surface area (Å²) in [5, 5.41) is 37.5. The molecular weight excluding hydrogens is 937 g/mol. The summed E-state index contributed by atoms with van der Waals surface area (Å²) in [6.07, 6.45) is 4.09. The lowest BCUT2D eigenvalue weighted by molar-refractivity contribution is -0.148. The zero-order valence-corrected chi connectivity index (χ0v) is 42.1. The molecule has 4 unspecified atom stereocenters. The van der Waals surface area contributed by atoms with Crippen molar-refractivity contribution < 1.29 is 62.9 Å². The highest BCUT2D eigenvalue weighted by Crippen LogP contribution is 2.19. The first-order chi connectivity index (χ1) is 33.8. The Morgan fingerprint density at radius 1 is 0.806 bits per heavy atom. The Morgan fingerprint density at radius 2 is 1.43 bits per heavy atom. The van der Waals surface area contributed by atoms with Crippen molar-refractivity contribution in [3.63, 3.8) is 0 Å². The van der Waals surface area contributed by atoms with Crippen LogP contribution in [-0.2, 0) is 59.1 Å². The van der Waals surface area contributed by atoms with Crippen molar-refractivity contribution in [2.45, 2.75) is 143 Å². The molecule has 1 aromatic carbocycles. The molecule has 396 valence electrons. The van der Waals surface area contributed by atoms with Crippen LogP contribution in [0.1, 0.15) is 99.5 Å². The van der Waals surface area contributed by atoms with Gasteiger partial charge in [0.05, 0.1) is 18.4 Å². The number of carbonyl (C=O) groups is 10. The lowest BCUT2D eigenvalue weighted by Crippen LogP contribution is -2.57.